The van der Waals surface area contributed by atoms with Crippen molar-refractivity contribution in [3.05, 3.63) is 89.5 Å². The zero-order chi connectivity index (χ0) is 21.9. The van der Waals surface area contributed by atoms with Crippen molar-refractivity contribution in [2.75, 3.05) is 0 Å². The van der Waals surface area contributed by atoms with Crippen LogP contribution in [0.2, 0.25) is 0 Å². The number of hydrogen-bond acceptors (Lipinski definition) is 2. The van der Waals surface area contributed by atoms with Gasteiger partial charge in [0.25, 0.3) is 0 Å². The van der Waals surface area contributed by atoms with Crippen LogP contribution >= 0.6 is 0 Å². The van der Waals surface area contributed by atoms with E-state index in [0.29, 0.717) is 12.2 Å². The zero-order valence-corrected chi connectivity index (χ0v) is 18.3. The molecule has 3 rings (SSSR count). The molecule has 0 unspecified atom stereocenters. The van der Waals surface area contributed by atoms with E-state index in [9.17, 15) is 4.79 Å². The lowest BCUT2D eigenvalue weighted by atomic mass is 10.0. The highest BCUT2D eigenvalue weighted by Crippen LogP contribution is 2.23. The summed E-state index contributed by atoms with van der Waals surface area (Å²) in [7, 11) is 0. The van der Waals surface area contributed by atoms with Gasteiger partial charge >= 0.3 is 5.97 Å². The van der Waals surface area contributed by atoms with Gasteiger partial charge in [0, 0.05) is 0 Å². The lowest BCUT2D eigenvalue weighted by molar-refractivity contribution is 0.0697. The van der Waals surface area contributed by atoms with Crippen LogP contribution in [0.3, 0.4) is 0 Å². The van der Waals surface area contributed by atoms with Crippen molar-refractivity contribution in [1.29, 1.82) is 0 Å². The van der Waals surface area contributed by atoms with Crippen LogP contribution in [0.5, 0.6) is 5.75 Å². The molecule has 0 saturated heterocycles. The Hall–Kier alpha value is -3.07. The predicted molar refractivity (Wildman–Crippen MR) is 127 cm³/mol. The average molecular weight is 417 g/mol. The predicted octanol–water partition coefficient (Wildman–Crippen LogP) is 7.53. The van der Waals surface area contributed by atoms with Crippen LogP contribution in [-0.4, -0.2) is 11.1 Å². The average Bonchev–Trinajstić information content (AvgIpc) is 2.81. The molecule has 0 radical (unpaired) electrons. The molecule has 3 nitrogen and oxygen atoms in total. The number of carboxylic acids is 1. The van der Waals surface area contributed by atoms with Crippen LogP contribution in [0.15, 0.2) is 72.8 Å². The van der Waals surface area contributed by atoms with Gasteiger partial charge in [-0.05, 0) is 59.4 Å². The molecule has 0 bridgehead atoms. The highest BCUT2D eigenvalue weighted by atomic mass is 16.5. The van der Waals surface area contributed by atoms with E-state index >= 15 is 0 Å². The van der Waals surface area contributed by atoms with Crippen LogP contribution in [0.4, 0.5) is 0 Å². The van der Waals surface area contributed by atoms with Gasteiger partial charge in [0.2, 0.25) is 0 Å². The van der Waals surface area contributed by atoms with Crippen molar-refractivity contribution in [2.24, 2.45) is 0 Å². The molecule has 0 aliphatic carbocycles. The summed E-state index contributed by atoms with van der Waals surface area (Å²) in [6.45, 7) is 2.80. The molecule has 0 spiro atoms. The number of aryl methyl sites for hydroxylation is 1. The molecule has 3 aromatic rings. The van der Waals surface area contributed by atoms with Crippen molar-refractivity contribution in [3.63, 3.8) is 0 Å². The van der Waals surface area contributed by atoms with Crippen molar-refractivity contribution in [3.8, 4) is 16.9 Å². The van der Waals surface area contributed by atoms with Gasteiger partial charge in [-0.1, -0.05) is 87.6 Å². The van der Waals surface area contributed by atoms with Crippen LogP contribution in [0, 0.1) is 0 Å². The van der Waals surface area contributed by atoms with Gasteiger partial charge in [-0.15, -0.1) is 0 Å². The van der Waals surface area contributed by atoms with E-state index in [2.05, 4.69) is 31.2 Å². The number of carbonyl (C=O) groups is 1. The summed E-state index contributed by atoms with van der Waals surface area (Å²) in [6, 6.07) is 23.5. The topological polar surface area (TPSA) is 46.5 Å². The second-order valence-electron chi connectivity index (χ2n) is 8.03. The summed E-state index contributed by atoms with van der Waals surface area (Å²) < 4.78 is 5.93. The molecule has 3 aromatic carbocycles. The Morgan fingerprint density at radius 3 is 1.87 bits per heavy atom. The molecule has 162 valence electrons. The highest BCUT2D eigenvalue weighted by molar-refractivity contribution is 5.88. The molecule has 0 heterocycles. The molecule has 3 heteroatoms. The lowest BCUT2D eigenvalue weighted by Crippen LogP contribution is -1.96. The first-order valence-electron chi connectivity index (χ1n) is 11.3. The number of hydrogen-bond donors (Lipinski definition) is 1. The number of benzene rings is 3. The number of rotatable bonds is 12. The second-order valence-corrected chi connectivity index (χ2v) is 8.03. The summed E-state index contributed by atoms with van der Waals surface area (Å²) in [6.07, 6.45) is 9.13. The van der Waals surface area contributed by atoms with E-state index in [0.717, 1.165) is 23.3 Å². The van der Waals surface area contributed by atoms with E-state index in [-0.39, 0.29) is 0 Å². The molecule has 0 fully saturated rings. The van der Waals surface area contributed by atoms with Gasteiger partial charge in [0.05, 0.1) is 5.56 Å². The molecule has 31 heavy (non-hydrogen) atoms. The van der Waals surface area contributed by atoms with E-state index in [1.165, 1.54) is 49.7 Å². The molecule has 0 aromatic heterocycles. The lowest BCUT2D eigenvalue weighted by Gasteiger charge is -2.09. The van der Waals surface area contributed by atoms with Gasteiger partial charge in [0.1, 0.15) is 12.4 Å². The molecule has 1 N–H and O–H groups in total. The van der Waals surface area contributed by atoms with Gasteiger partial charge < -0.3 is 9.84 Å². The third-order valence-electron chi connectivity index (χ3n) is 5.57. The fourth-order valence-corrected chi connectivity index (χ4v) is 3.63. The SMILES string of the molecule is CCCCCCCCc1ccc(COc2ccc(-c3ccc(C(=O)O)cc3)cc2)cc1. The molecule has 0 aliphatic heterocycles. The first-order chi connectivity index (χ1) is 15.2. The summed E-state index contributed by atoms with van der Waals surface area (Å²) >= 11 is 0. The van der Waals surface area contributed by atoms with Crippen LogP contribution < -0.4 is 4.74 Å². The third-order valence-corrected chi connectivity index (χ3v) is 5.57. The zero-order valence-electron chi connectivity index (χ0n) is 18.3. The van der Waals surface area contributed by atoms with Crippen molar-refractivity contribution >= 4 is 5.97 Å². The Morgan fingerprint density at radius 2 is 1.26 bits per heavy atom. The summed E-state index contributed by atoms with van der Waals surface area (Å²) in [5.41, 5.74) is 4.88. The smallest absolute Gasteiger partial charge is 0.335 e. The second kappa shape index (κ2) is 11.9. The monoisotopic (exact) mass is 416 g/mol. The normalized spacial score (nSPS) is 10.7. The Kier molecular flexibility index (Phi) is 8.71. The summed E-state index contributed by atoms with van der Waals surface area (Å²) in [4.78, 5) is 11.0. The number of aromatic carboxylic acids is 1. The fourth-order valence-electron chi connectivity index (χ4n) is 3.63. The minimum atomic E-state index is -0.911. The van der Waals surface area contributed by atoms with Gasteiger partial charge in [-0.2, -0.15) is 0 Å². The maximum Gasteiger partial charge on any atom is 0.335 e. The van der Waals surface area contributed by atoms with Crippen molar-refractivity contribution < 1.29 is 14.6 Å². The minimum absolute atomic E-state index is 0.293. The van der Waals surface area contributed by atoms with E-state index in [1.807, 2.05) is 36.4 Å². The van der Waals surface area contributed by atoms with Crippen LogP contribution in [0.1, 0.15) is 66.9 Å². The Labute approximate surface area is 185 Å². The molecule has 0 saturated carbocycles. The number of carboxylic acid groups (broad SMARTS) is 1. The van der Waals surface area contributed by atoms with Crippen molar-refractivity contribution in [1.82, 2.24) is 0 Å². The van der Waals surface area contributed by atoms with Gasteiger partial charge in [-0.3, -0.25) is 0 Å². The standard InChI is InChI=1S/C28H32O3/c1-2-3-4-5-6-7-8-22-9-11-23(12-10-22)21-31-27-19-17-25(18-20-27)24-13-15-26(16-14-24)28(29)30/h9-20H,2-8,21H2,1H3,(H,29,30). The van der Waals surface area contributed by atoms with Crippen LogP contribution in [0.25, 0.3) is 11.1 Å². The third kappa shape index (κ3) is 7.29. The van der Waals surface area contributed by atoms with E-state index in [1.54, 1.807) is 12.1 Å². The van der Waals surface area contributed by atoms with Gasteiger partial charge in [0.15, 0.2) is 0 Å². The minimum Gasteiger partial charge on any atom is -0.489 e. The summed E-state index contributed by atoms with van der Waals surface area (Å²) in [5, 5.41) is 9.01. The summed E-state index contributed by atoms with van der Waals surface area (Å²) in [5.74, 6) is -0.0900. The highest BCUT2D eigenvalue weighted by Gasteiger charge is 2.04. The maximum atomic E-state index is 11.0. The van der Waals surface area contributed by atoms with E-state index in [4.69, 9.17) is 9.84 Å². The Balaban J connectivity index is 1.45. The fraction of sp³-hybridized carbons (Fsp3) is 0.321. The quantitative estimate of drug-likeness (QED) is 0.310. The van der Waals surface area contributed by atoms with E-state index < -0.39 is 5.97 Å². The maximum absolute atomic E-state index is 11.0. The molecule has 0 aliphatic rings. The largest absolute Gasteiger partial charge is 0.489 e. The first kappa shape index (κ1) is 22.6. The molecule has 0 amide bonds. The Morgan fingerprint density at radius 1 is 0.710 bits per heavy atom. The molecule has 0 atom stereocenters. The first-order valence-corrected chi connectivity index (χ1v) is 11.3. The van der Waals surface area contributed by atoms with Crippen LogP contribution in [-0.2, 0) is 13.0 Å². The Bertz CT molecular complexity index is 926. The molecular weight excluding hydrogens is 384 g/mol. The number of ether oxygens (including phenoxy) is 1. The molecular formula is C28H32O3. The van der Waals surface area contributed by atoms with Gasteiger partial charge in [-0.25, -0.2) is 4.79 Å². The van der Waals surface area contributed by atoms with Crippen molar-refractivity contribution in [2.45, 2.75) is 58.5 Å². The number of unbranched alkanes of at least 4 members (excludes halogenated alkanes) is 5.